The van der Waals surface area contributed by atoms with E-state index >= 15 is 0 Å². The van der Waals surface area contributed by atoms with Crippen LogP contribution in [0.4, 0.5) is 0 Å². The maximum atomic E-state index is 11.7. The molecule has 0 aliphatic heterocycles. The first-order valence-corrected chi connectivity index (χ1v) is 5.88. The van der Waals surface area contributed by atoms with Crippen molar-refractivity contribution in [2.45, 2.75) is 26.4 Å². The molecular weight excluding hydrogens is 234 g/mol. The Kier molecular flexibility index (Phi) is 4.97. The summed E-state index contributed by atoms with van der Waals surface area (Å²) in [6, 6.07) is 3.83. The van der Waals surface area contributed by atoms with Crippen molar-refractivity contribution in [3.05, 3.63) is 23.8 Å². The number of amides is 1. The number of aromatic hydroxyl groups is 2. The van der Waals surface area contributed by atoms with E-state index in [1.165, 1.54) is 18.2 Å². The molecule has 1 amide bonds. The van der Waals surface area contributed by atoms with Gasteiger partial charge in [0.05, 0.1) is 6.10 Å². The summed E-state index contributed by atoms with van der Waals surface area (Å²) < 4.78 is 0. The molecule has 1 rings (SSSR count). The Bertz CT molecular complexity index is 417. The van der Waals surface area contributed by atoms with E-state index in [4.69, 9.17) is 5.11 Å². The van der Waals surface area contributed by atoms with E-state index in [1.54, 1.807) is 0 Å². The fraction of sp³-hybridized carbons (Fsp3) is 0.462. The van der Waals surface area contributed by atoms with Crippen molar-refractivity contribution >= 4 is 5.91 Å². The van der Waals surface area contributed by atoms with E-state index < -0.39 is 12.0 Å². The number of phenols is 2. The molecule has 0 spiro atoms. The van der Waals surface area contributed by atoms with Gasteiger partial charge in [-0.15, -0.1) is 0 Å². The van der Waals surface area contributed by atoms with Crippen LogP contribution in [0, 0.1) is 5.92 Å². The van der Waals surface area contributed by atoms with Crippen LogP contribution in [0.5, 0.6) is 11.5 Å². The van der Waals surface area contributed by atoms with Gasteiger partial charge in [-0.1, -0.05) is 13.8 Å². The van der Waals surface area contributed by atoms with Gasteiger partial charge in [0.25, 0.3) is 5.91 Å². The highest BCUT2D eigenvalue weighted by atomic mass is 16.3. The predicted molar refractivity (Wildman–Crippen MR) is 67.6 cm³/mol. The van der Waals surface area contributed by atoms with E-state index in [0.717, 1.165) is 0 Å². The average Bonchev–Trinajstić information content (AvgIpc) is 2.28. The number of aliphatic hydroxyl groups excluding tert-OH is 1. The lowest BCUT2D eigenvalue weighted by Crippen LogP contribution is -2.32. The third-order valence-corrected chi connectivity index (χ3v) is 2.48. The summed E-state index contributed by atoms with van der Waals surface area (Å²) in [5, 5.41) is 30.6. The fourth-order valence-electron chi connectivity index (χ4n) is 1.60. The fourth-order valence-corrected chi connectivity index (χ4v) is 1.60. The molecule has 0 saturated heterocycles. The number of carbonyl (C=O) groups excluding carboxylic acids is 1. The Balaban J connectivity index is 2.52. The van der Waals surface area contributed by atoms with Gasteiger partial charge in [-0.2, -0.15) is 0 Å². The monoisotopic (exact) mass is 253 g/mol. The van der Waals surface area contributed by atoms with E-state index in [2.05, 4.69) is 5.32 Å². The van der Waals surface area contributed by atoms with Gasteiger partial charge < -0.3 is 20.6 Å². The van der Waals surface area contributed by atoms with Crippen LogP contribution < -0.4 is 5.32 Å². The predicted octanol–water partition coefficient (Wildman–Crippen LogP) is 1.23. The van der Waals surface area contributed by atoms with Gasteiger partial charge in [-0.25, -0.2) is 0 Å². The molecule has 0 saturated carbocycles. The molecule has 0 aromatic heterocycles. The van der Waals surface area contributed by atoms with Gasteiger partial charge in [0.1, 0.15) is 0 Å². The molecule has 5 heteroatoms. The maximum Gasteiger partial charge on any atom is 0.251 e. The minimum Gasteiger partial charge on any atom is -0.504 e. The molecule has 5 nitrogen and oxygen atoms in total. The highest BCUT2D eigenvalue weighted by Gasteiger charge is 2.11. The van der Waals surface area contributed by atoms with Crippen molar-refractivity contribution in [1.29, 1.82) is 0 Å². The molecule has 1 atom stereocenters. The van der Waals surface area contributed by atoms with Gasteiger partial charge in [0.2, 0.25) is 0 Å². The van der Waals surface area contributed by atoms with Crippen LogP contribution in [0.3, 0.4) is 0 Å². The molecule has 0 radical (unpaired) electrons. The molecule has 0 heterocycles. The third kappa shape index (κ3) is 4.25. The van der Waals surface area contributed by atoms with Crippen molar-refractivity contribution in [1.82, 2.24) is 5.32 Å². The summed E-state index contributed by atoms with van der Waals surface area (Å²) in [6.45, 7) is 4.14. The van der Waals surface area contributed by atoms with Crippen LogP contribution in [0.25, 0.3) is 0 Å². The number of nitrogens with one attached hydrogen (secondary N) is 1. The van der Waals surface area contributed by atoms with E-state index in [0.29, 0.717) is 12.3 Å². The smallest absolute Gasteiger partial charge is 0.251 e. The van der Waals surface area contributed by atoms with E-state index in [-0.39, 0.29) is 23.6 Å². The van der Waals surface area contributed by atoms with Crippen LogP contribution in [0.1, 0.15) is 30.6 Å². The molecule has 0 fully saturated rings. The molecular formula is C13H19NO4. The first kappa shape index (κ1) is 14.3. The standard InChI is InChI=1S/C13H19NO4/c1-8(2)5-10(15)7-14-13(18)9-3-4-11(16)12(17)6-9/h3-4,6,8,10,15-17H,5,7H2,1-2H3,(H,14,18). The Morgan fingerprint density at radius 3 is 2.50 bits per heavy atom. The Morgan fingerprint density at radius 2 is 1.94 bits per heavy atom. The number of rotatable bonds is 5. The molecule has 4 N–H and O–H groups in total. The minimum atomic E-state index is -0.584. The van der Waals surface area contributed by atoms with Gasteiger partial charge in [-0.05, 0) is 30.5 Å². The SMILES string of the molecule is CC(C)CC(O)CNC(=O)c1ccc(O)c(O)c1. The summed E-state index contributed by atoms with van der Waals surface area (Å²) in [7, 11) is 0. The van der Waals surface area contributed by atoms with E-state index in [1.807, 2.05) is 13.8 Å². The van der Waals surface area contributed by atoms with Crippen molar-refractivity contribution in [2.75, 3.05) is 6.54 Å². The Hall–Kier alpha value is -1.75. The summed E-state index contributed by atoms with van der Waals surface area (Å²) in [5.74, 6) is -0.653. The normalized spacial score (nSPS) is 12.4. The van der Waals surface area contributed by atoms with Crippen LogP contribution >= 0.6 is 0 Å². The van der Waals surface area contributed by atoms with Crippen molar-refractivity contribution in [3.63, 3.8) is 0 Å². The topological polar surface area (TPSA) is 89.8 Å². The van der Waals surface area contributed by atoms with Gasteiger partial charge in [0, 0.05) is 12.1 Å². The number of phenolic OH excluding ortho intramolecular Hbond substituents is 2. The molecule has 1 unspecified atom stereocenters. The molecule has 1 aromatic carbocycles. The van der Waals surface area contributed by atoms with Crippen molar-refractivity contribution in [2.24, 2.45) is 5.92 Å². The number of hydrogen-bond acceptors (Lipinski definition) is 4. The minimum absolute atomic E-state index is 0.165. The Labute approximate surface area is 106 Å². The summed E-state index contributed by atoms with van der Waals surface area (Å²) in [4.78, 5) is 11.7. The zero-order chi connectivity index (χ0) is 13.7. The second-order valence-corrected chi connectivity index (χ2v) is 4.70. The average molecular weight is 253 g/mol. The summed E-state index contributed by atoms with van der Waals surface area (Å²) >= 11 is 0. The molecule has 1 aromatic rings. The zero-order valence-corrected chi connectivity index (χ0v) is 10.6. The van der Waals surface area contributed by atoms with Gasteiger partial charge >= 0.3 is 0 Å². The second kappa shape index (κ2) is 6.26. The third-order valence-electron chi connectivity index (χ3n) is 2.48. The van der Waals surface area contributed by atoms with Crippen LogP contribution in [0.15, 0.2) is 18.2 Å². The van der Waals surface area contributed by atoms with Gasteiger partial charge in [0.15, 0.2) is 11.5 Å². The molecule has 0 aliphatic carbocycles. The van der Waals surface area contributed by atoms with Crippen molar-refractivity contribution < 1.29 is 20.1 Å². The van der Waals surface area contributed by atoms with Gasteiger partial charge in [-0.3, -0.25) is 4.79 Å². The molecule has 100 valence electrons. The van der Waals surface area contributed by atoms with Crippen LogP contribution in [-0.2, 0) is 0 Å². The van der Waals surface area contributed by atoms with Crippen LogP contribution in [0.2, 0.25) is 0 Å². The van der Waals surface area contributed by atoms with E-state index in [9.17, 15) is 15.0 Å². The number of benzene rings is 1. The Morgan fingerprint density at radius 1 is 1.28 bits per heavy atom. The maximum absolute atomic E-state index is 11.7. The molecule has 0 aliphatic rings. The van der Waals surface area contributed by atoms with Crippen LogP contribution in [-0.4, -0.2) is 33.9 Å². The number of carbonyl (C=O) groups is 1. The molecule has 18 heavy (non-hydrogen) atoms. The summed E-state index contributed by atoms with van der Waals surface area (Å²) in [5.41, 5.74) is 0.238. The lowest BCUT2D eigenvalue weighted by Gasteiger charge is -2.14. The summed E-state index contributed by atoms with van der Waals surface area (Å²) in [6.07, 6.45) is 0.0286. The highest BCUT2D eigenvalue weighted by molar-refractivity contribution is 5.94. The first-order valence-electron chi connectivity index (χ1n) is 5.88. The first-order chi connectivity index (χ1) is 8.40. The zero-order valence-electron chi connectivity index (χ0n) is 10.6. The molecule has 0 bridgehead atoms. The lowest BCUT2D eigenvalue weighted by atomic mass is 10.1. The second-order valence-electron chi connectivity index (χ2n) is 4.70. The van der Waals surface area contributed by atoms with Crippen molar-refractivity contribution in [3.8, 4) is 11.5 Å². The lowest BCUT2D eigenvalue weighted by molar-refractivity contribution is 0.0900. The number of hydrogen-bond donors (Lipinski definition) is 4. The largest absolute Gasteiger partial charge is 0.504 e. The quantitative estimate of drug-likeness (QED) is 0.594. The number of aliphatic hydroxyl groups is 1. The highest BCUT2D eigenvalue weighted by Crippen LogP contribution is 2.24.